The lowest BCUT2D eigenvalue weighted by Gasteiger charge is -2.42. The minimum Gasteiger partial charge on any atom is -0.382 e. The van der Waals surface area contributed by atoms with Crippen molar-refractivity contribution in [3.8, 4) is 0 Å². The molecule has 1 saturated carbocycles. The number of hydrogen-bond acceptors (Lipinski definition) is 5. The Bertz CT molecular complexity index is 1070. The van der Waals surface area contributed by atoms with E-state index < -0.39 is 0 Å². The van der Waals surface area contributed by atoms with Gasteiger partial charge < -0.3 is 15.1 Å². The Hall–Kier alpha value is -3.09. The fourth-order valence-electron chi connectivity index (χ4n) is 5.83. The lowest BCUT2D eigenvalue weighted by atomic mass is 9.78. The Balaban J connectivity index is 1.23. The molecule has 7 nitrogen and oxygen atoms in total. The van der Waals surface area contributed by atoms with Crippen LogP contribution in [0, 0.1) is 35.3 Å². The second-order valence-corrected chi connectivity index (χ2v) is 11.2. The van der Waals surface area contributed by atoms with E-state index in [1.54, 1.807) is 19.1 Å². The fraction of sp³-hybridized carbons (Fsp3) is 0.552. The summed E-state index contributed by atoms with van der Waals surface area (Å²) in [5.41, 5.74) is 4.01. The molecular formula is C29H40N4O3. The molecule has 4 rings (SSSR count). The third-order valence-electron chi connectivity index (χ3n) is 8.27. The molecule has 2 aliphatic rings. The normalized spacial score (nSPS) is 21.6. The monoisotopic (exact) mass is 492 g/mol. The van der Waals surface area contributed by atoms with Crippen molar-refractivity contribution >= 4 is 23.0 Å². The van der Waals surface area contributed by atoms with Crippen LogP contribution in [0.3, 0.4) is 0 Å². The molecule has 0 atom stereocenters. The molecule has 1 saturated heterocycles. The van der Waals surface area contributed by atoms with E-state index in [1.807, 2.05) is 18.0 Å². The molecule has 0 radical (unpaired) electrons. The number of hydrogen-bond donors (Lipinski definition) is 1. The standard InChI is InChI=1S/C29H40N4O3/c1-21-5-12-26(13-6-21)32-17-15-29(3,16-18-32)28(34)31(4)20-23-7-9-24(10-8-23)30-25-11-14-27(33(35)36)22(2)19-25/h5-6,11-14,19,23-24,30H,7-10,15-18,20H2,1-4H3. The molecule has 1 amide bonds. The molecule has 0 aromatic heterocycles. The average Bonchev–Trinajstić information content (AvgIpc) is 2.85. The first-order valence-corrected chi connectivity index (χ1v) is 13.2. The molecule has 36 heavy (non-hydrogen) atoms. The van der Waals surface area contributed by atoms with Gasteiger partial charge >= 0.3 is 0 Å². The molecule has 0 spiro atoms. The van der Waals surface area contributed by atoms with E-state index >= 15 is 0 Å². The van der Waals surface area contributed by atoms with Crippen LogP contribution in [0.4, 0.5) is 17.1 Å². The predicted molar refractivity (Wildman–Crippen MR) is 146 cm³/mol. The van der Waals surface area contributed by atoms with Crippen molar-refractivity contribution in [3.63, 3.8) is 0 Å². The van der Waals surface area contributed by atoms with Gasteiger partial charge in [0.05, 0.1) is 4.92 Å². The average molecular weight is 493 g/mol. The van der Waals surface area contributed by atoms with Gasteiger partial charge in [0.1, 0.15) is 0 Å². The number of carbonyl (C=O) groups is 1. The van der Waals surface area contributed by atoms with E-state index in [1.165, 1.54) is 11.3 Å². The summed E-state index contributed by atoms with van der Waals surface area (Å²) in [6.07, 6.45) is 6.03. The number of carbonyl (C=O) groups excluding carboxylic acids is 1. The van der Waals surface area contributed by atoms with E-state index in [2.05, 4.69) is 48.3 Å². The topological polar surface area (TPSA) is 78.7 Å². The highest BCUT2D eigenvalue weighted by Crippen LogP contribution is 2.36. The van der Waals surface area contributed by atoms with Crippen LogP contribution in [0.5, 0.6) is 0 Å². The van der Waals surface area contributed by atoms with Gasteiger partial charge in [-0.1, -0.05) is 24.6 Å². The van der Waals surface area contributed by atoms with E-state index in [0.717, 1.165) is 63.8 Å². The maximum Gasteiger partial charge on any atom is 0.272 e. The highest BCUT2D eigenvalue weighted by Gasteiger charge is 2.39. The van der Waals surface area contributed by atoms with Gasteiger partial charge in [0.25, 0.3) is 5.69 Å². The molecule has 0 bridgehead atoms. The van der Waals surface area contributed by atoms with Crippen molar-refractivity contribution in [1.29, 1.82) is 0 Å². The summed E-state index contributed by atoms with van der Waals surface area (Å²) < 4.78 is 0. The minimum atomic E-state index is -0.337. The van der Waals surface area contributed by atoms with Gasteiger partial charge in [-0.15, -0.1) is 0 Å². The molecule has 7 heteroatoms. The molecule has 1 N–H and O–H groups in total. The Kier molecular flexibility index (Phi) is 7.86. The SMILES string of the molecule is Cc1ccc(N2CCC(C)(C(=O)N(C)CC3CCC(Nc4ccc([N+](=O)[O-])c(C)c4)CC3)CC2)cc1. The summed E-state index contributed by atoms with van der Waals surface area (Å²) in [7, 11) is 1.98. The molecule has 1 aliphatic carbocycles. The first kappa shape index (κ1) is 26.0. The Labute approximate surface area is 215 Å². The maximum atomic E-state index is 13.4. The second-order valence-electron chi connectivity index (χ2n) is 11.2. The molecule has 194 valence electrons. The molecule has 2 aromatic rings. The Morgan fingerprint density at radius 2 is 1.72 bits per heavy atom. The quantitative estimate of drug-likeness (QED) is 0.382. The number of nitrogens with one attached hydrogen (secondary N) is 1. The highest BCUT2D eigenvalue weighted by atomic mass is 16.6. The lowest BCUT2D eigenvalue weighted by molar-refractivity contribution is -0.385. The summed E-state index contributed by atoms with van der Waals surface area (Å²) in [6, 6.07) is 14.3. The summed E-state index contributed by atoms with van der Waals surface area (Å²) in [6.45, 7) is 8.68. The third kappa shape index (κ3) is 6.00. The predicted octanol–water partition coefficient (Wildman–Crippen LogP) is 5.95. The van der Waals surface area contributed by atoms with E-state index in [4.69, 9.17) is 0 Å². The van der Waals surface area contributed by atoms with Crippen LogP contribution < -0.4 is 10.2 Å². The van der Waals surface area contributed by atoms with Gasteiger partial charge in [-0.25, -0.2) is 0 Å². The van der Waals surface area contributed by atoms with E-state index in [0.29, 0.717) is 17.5 Å². The zero-order valence-corrected chi connectivity index (χ0v) is 22.1. The van der Waals surface area contributed by atoms with Crippen LogP contribution in [0.1, 0.15) is 56.6 Å². The van der Waals surface area contributed by atoms with Gasteiger partial charge in [-0.3, -0.25) is 14.9 Å². The van der Waals surface area contributed by atoms with Crippen molar-refractivity contribution < 1.29 is 9.72 Å². The molecule has 0 unspecified atom stereocenters. The first-order chi connectivity index (χ1) is 17.1. The first-order valence-electron chi connectivity index (χ1n) is 13.2. The smallest absolute Gasteiger partial charge is 0.272 e. The molecule has 2 fully saturated rings. The van der Waals surface area contributed by atoms with Gasteiger partial charge in [0, 0.05) is 61.1 Å². The van der Waals surface area contributed by atoms with E-state index in [9.17, 15) is 14.9 Å². The van der Waals surface area contributed by atoms with Gasteiger partial charge in [-0.05, 0) is 82.6 Å². The fourth-order valence-corrected chi connectivity index (χ4v) is 5.83. The third-order valence-corrected chi connectivity index (χ3v) is 8.27. The zero-order valence-electron chi connectivity index (χ0n) is 22.1. The Morgan fingerprint density at radius 1 is 1.08 bits per heavy atom. The zero-order chi connectivity index (χ0) is 25.9. The van der Waals surface area contributed by atoms with Crippen molar-refractivity contribution in [3.05, 3.63) is 63.7 Å². The number of aryl methyl sites for hydroxylation is 2. The highest BCUT2D eigenvalue weighted by molar-refractivity contribution is 5.82. The van der Waals surface area contributed by atoms with Crippen LogP contribution in [0.2, 0.25) is 0 Å². The van der Waals surface area contributed by atoms with Crippen LogP contribution in [0.15, 0.2) is 42.5 Å². The number of nitro groups is 1. The number of anilines is 2. The Morgan fingerprint density at radius 3 is 2.31 bits per heavy atom. The summed E-state index contributed by atoms with van der Waals surface area (Å²) in [4.78, 5) is 28.5. The van der Waals surface area contributed by atoms with Gasteiger partial charge in [0.2, 0.25) is 5.91 Å². The number of rotatable bonds is 7. The maximum absolute atomic E-state index is 13.4. The molecular weight excluding hydrogens is 452 g/mol. The molecule has 2 aromatic carbocycles. The van der Waals surface area contributed by atoms with Gasteiger partial charge in [0.15, 0.2) is 0 Å². The van der Waals surface area contributed by atoms with Crippen molar-refractivity contribution in [2.24, 2.45) is 11.3 Å². The van der Waals surface area contributed by atoms with Crippen molar-refractivity contribution in [1.82, 2.24) is 4.90 Å². The lowest BCUT2D eigenvalue weighted by Crippen LogP contribution is -2.49. The van der Waals surface area contributed by atoms with E-state index in [-0.39, 0.29) is 21.9 Å². The van der Waals surface area contributed by atoms with Crippen LogP contribution in [0.25, 0.3) is 0 Å². The minimum absolute atomic E-state index is 0.159. The number of nitrogens with zero attached hydrogens (tertiary/aromatic N) is 3. The number of amides is 1. The number of benzene rings is 2. The van der Waals surface area contributed by atoms with Crippen LogP contribution in [-0.4, -0.2) is 48.5 Å². The molecule has 1 heterocycles. The number of piperidine rings is 1. The molecule has 1 aliphatic heterocycles. The number of nitro benzene ring substituents is 1. The van der Waals surface area contributed by atoms with Crippen molar-refractivity contribution in [2.75, 3.05) is 36.9 Å². The summed E-state index contributed by atoms with van der Waals surface area (Å²) >= 11 is 0. The summed E-state index contributed by atoms with van der Waals surface area (Å²) in [5.74, 6) is 0.805. The van der Waals surface area contributed by atoms with Crippen molar-refractivity contribution in [2.45, 2.75) is 65.3 Å². The van der Waals surface area contributed by atoms with Crippen LogP contribution in [-0.2, 0) is 4.79 Å². The second kappa shape index (κ2) is 10.9. The van der Waals surface area contributed by atoms with Gasteiger partial charge in [-0.2, -0.15) is 0 Å². The van der Waals surface area contributed by atoms with Crippen LogP contribution >= 0.6 is 0 Å². The largest absolute Gasteiger partial charge is 0.382 e. The summed E-state index contributed by atoms with van der Waals surface area (Å²) in [5, 5.41) is 14.6.